The van der Waals surface area contributed by atoms with Gasteiger partial charge in [0.1, 0.15) is 5.82 Å². The Bertz CT molecular complexity index is 662. The molecule has 2 aromatic carbocycles. The molecule has 0 aromatic heterocycles. The molecule has 0 unspecified atom stereocenters. The molecule has 3 nitrogen and oxygen atoms in total. The monoisotopic (exact) mass is 287 g/mol. The molecule has 2 rings (SSSR count). The molecule has 0 radical (unpaired) electrons. The van der Waals surface area contributed by atoms with Crippen LogP contribution in [-0.4, -0.2) is 18.1 Å². The highest BCUT2D eigenvalue weighted by molar-refractivity contribution is 5.88. The first-order valence-electron chi connectivity index (χ1n) is 6.68. The topological polar surface area (TPSA) is 40.5 Å². The van der Waals surface area contributed by atoms with Crippen molar-refractivity contribution >= 4 is 11.7 Å². The molecule has 0 aliphatic heterocycles. The highest BCUT2D eigenvalue weighted by Crippen LogP contribution is 2.20. The molecule has 0 saturated heterocycles. The average molecular weight is 287 g/mol. The molecule has 1 N–H and O–H groups in total. The fourth-order valence-electron chi connectivity index (χ4n) is 2.37. The van der Waals surface area contributed by atoms with Crippen molar-refractivity contribution < 1.29 is 14.3 Å². The molecule has 0 bridgehead atoms. The minimum absolute atomic E-state index is 0.290. The van der Waals surface area contributed by atoms with E-state index in [9.17, 15) is 9.18 Å². The Labute approximate surface area is 123 Å². The summed E-state index contributed by atoms with van der Waals surface area (Å²) in [4.78, 5) is 13.0. The number of carboxylic acids is 1. The van der Waals surface area contributed by atoms with Crippen molar-refractivity contribution in [3.63, 3.8) is 0 Å². The Hall–Kier alpha value is -2.36. The van der Waals surface area contributed by atoms with E-state index in [1.807, 2.05) is 25.8 Å². The molecule has 0 atom stereocenters. The van der Waals surface area contributed by atoms with Crippen LogP contribution in [0.2, 0.25) is 0 Å². The van der Waals surface area contributed by atoms with Crippen molar-refractivity contribution in [2.45, 2.75) is 20.4 Å². The number of rotatable bonds is 4. The lowest BCUT2D eigenvalue weighted by Gasteiger charge is -2.21. The molecule has 0 heterocycles. The summed E-state index contributed by atoms with van der Waals surface area (Å²) >= 11 is 0. The highest BCUT2D eigenvalue weighted by atomic mass is 19.1. The molecule has 4 heteroatoms. The number of hydrogen-bond donors (Lipinski definition) is 1. The molecule has 110 valence electrons. The van der Waals surface area contributed by atoms with Crippen LogP contribution in [0.3, 0.4) is 0 Å². The van der Waals surface area contributed by atoms with Gasteiger partial charge in [-0.05, 0) is 54.8 Å². The first-order chi connectivity index (χ1) is 9.86. The molecule has 0 amide bonds. The van der Waals surface area contributed by atoms with Gasteiger partial charge in [0.2, 0.25) is 0 Å². The Balaban J connectivity index is 2.25. The van der Waals surface area contributed by atoms with Gasteiger partial charge >= 0.3 is 5.97 Å². The van der Waals surface area contributed by atoms with Gasteiger partial charge in [0.25, 0.3) is 0 Å². The number of aryl methyl sites for hydroxylation is 2. The Kier molecular flexibility index (Phi) is 4.26. The van der Waals surface area contributed by atoms with Crippen LogP contribution >= 0.6 is 0 Å². The molecule has 0 spiro atoms. The maximum absolute atomic E-state index is 13.4. The second-order valence-corrected chi connectivity index (χ2v) is 5.32. The van der Waals surface area contributed by atoms with Crippen LogP contribution in [0, 0.1) is 19.7 Å². The molecule has 0 aliphatic rings. The van der Waals surface area contributed by atoms with Crippen LogP contribution in [0.25, 0.3) is 0 Å². The van der Waals surface area contributed by atoms with E-state index in [1.54, 1.807) is 6.07 Å². The maximum atomic E-state index is 13.4. The number of aromatic carboxylic acids is 1. The molecule has 2 aromatic rings. The summed E-state index contributed by atoms with van der Waals surface area (Å²) in [6.45, 7) is 4.58. The lowest BCUT2D eigenvalue weighted by atomic mass is 10.1. The summed E-state index contributed by atoms with van der Waals surface area (Å²) in [5.74, 6) is -1.95. The van der Waals surface area contributed by atoms with Crippen LogP contribution in [0.5, 0.6) is 0 Å². The minimum Gasteiger partial charge on any atom is -0.478 e. The van der Waals surface area contributed by atoms with Crippen molar-refractivity contribution in [2.75, 3.05) is 11.9 Å². The van der Waals surface area contributed by atoms with Crippen LogP contribution in [0.4, 0.5) is 10.1 Å². The number of carboxylic acid groups (broad SMARTS) is 1. The van der Waals surface area contributed by atoms with Gasteiger partial charge in [0.05, 0.1) is 5.56 Å². The number of benzene rings is 2. The van der Waals surface area contributed by atoms with Crippen molar-refractivity contribution in [1.29, 1.82) is 0 Å². The third kappa shape index (κ3) is 3.60. The van der Waals surface area contributed by atoms with E-state index in [1.165, 1.54) is 23.3 Å². The average Bonchev–Trinajstić information content (AvgIpc) is 2.39. The Morgan fingerprint density at radius 1 is 1.14 bits per heavy atom. The van der Waals surface area contributed by atoms with E-state index < -0.39 is 11.8 Å². The van der Waals surface area contributed by atoms with Gasteiger partial charge < -0.3 is 10.0 Å². The highest BCUT2D eigenvalue weighted by Gasteiger charge is 2.12. The van der Waals surface area contributed by atoms with E-state index in [0.29, 0.717) is 6.54 Å². The fraction of sp³-hybridized carbons (Fsp3) is 0.235. The Morgan fingerprint density at radius 2 is 1.76 bits per heavy atom. The smallest absolute Gasteiger partial charge is 0.338 e. The third-order valence-electron chi connectivity index (χ3n) is 3.33. The normalized spacial score (nSPS) is 10.5. The van der Waals surface area contributed by atoms with Gasteiger partial charge in [0, 0.05) is 19.3 Å². The summed E-state index contributed by atoms with van der Waals surface area (Å²) in [5, 5.41) is 8.96. The molecule has 0 fully saturated rings. The van der Waals surface area contributed by atoms with E-state index in [0.717, 1.165) is 11.3 Å². The maximum Gasteiger partial charge on any atom is 0.338 e. The Morgan fingerprint density at radius 3 is 2.33 bits per heavy atom. The SMILES string of the molecule is Cc1cc(C)cc(N(C)Cc2ccc(F)c(C(=O)O)c2)c1. The van der Waals surface area contributed by atoms with Gasteiger partial charge in [-0.3, -0.25) is 0 Å². The lowest BCUT2D eigenvalue weighted by Crippen LogP contribution is -2.17. The molecular weight excluding hydrogens is 269 g/mol. The molecule has 21 heavy (non-hydrogen) atoms. The van der Waals surface area contributed by atoms with Crippen LogP contribution in [0.15, 0.2) is 36.4 Å². The zero-order valence-corrected chi connectivity index (χ0v) is 12.4. The van der Waals surface area contributed by atoms with E-state index in [4.69, 9.17) is 5.11 Å². The minimum atomic E-state index is -1.25. The third-order valence-corrected chi connectivity index (χ3v) is 3.33. The van der Waals surface area contributed by atoms with Crippen LogP contribution < -0.4 is 4.90 Å². The van der Waals surface area contributed by atoms with E-state index in [2.05, 4.69) is 18.2 Å². The van der Waals surface area contributed by atoms with Crippen molar-refractivity contribution in [3.8, 4) is 0 Å². The zero-order chi connectivity index (χ0) is 15.6. The summed E-state index contributed by atoms with van der Waals surface area (Å²) in [5.41, 5.74) is 3.86. The van der Waals surface area contributed by atoms with E-state index in [-0.39, 0.29) is 5.56 Å². The van der Waals surface area contributed by atoms with Crippen molar-refractivity contribution in [3.05, 3.63) is 64.5 Å². The zero-order valence-electron chi connectivity index (χ0n) is 12.4. The number of hydrogen-bond acceptors (Lipinski definition) is 2. The van der Waals surface area contributed by atoms with Gasteiger partial charge in [-0.2, -0.15) is 0 Å². The standard InChI is InChI=1S/C17H18FNO2/c1-11-6-12(2)8-14(7-11)19(3)10-13-4-5-16(18)15(9-13)17(20)21/h4-9H,10H2,1-3H3,(H,20,21). The second-order valence-electron chi connectivity index (χ2n) is 5.32. The van der Waals surface area contributed by atoms with Crippen LogP contribution in [-0.2, 0) is 6.54 Å². The van der Waals surface area contributed by atoms with Gasteiger partial charge in [0.15, 0.2) is 0 Å². The summed E-state index contributed by atoms with van der Waals surface area (Å²) in [7, 11) is 1.93. The van der Waals surface area contributed by atoms with Gasteiger partial charge in [-0.15, -0.1) is 0 Å². The quantitative estimate of drug-likeness (QED) is 0.930. The van der Waals surface area contributed by atoms with E-state index >= 15 is 0 Å². The fourth-order valence-corrected chi connectivity index (χ4v) is 2.37. The molecule has 0 saturated carbocycles. The predicted molar refractivity (Wildman–Crippen MR) is 81.4 cm³/mol. The van der Waals surface area contributed by atoms with Gasteiger partial charge in [-0.25, -0.2) is 9.18 Å². The molecule has 0 aliphatic carbocycles. The summed E-state index contributed by atoms with van der Waals surface area (Å²) in [6.07, 6.45) is 0. The second kappa shape index (κ2) is 5.95. The first-order valence-corrected chi connectivity index (χ1v) is 6.68. The van der Waals surface area contributed by atoms with Gasteiger partial charge in [-0.1, -0.05) is 12.1 Å². The number of carbonyl (C=O) groups is 1. The van der Waals surface area contributed by atoms with Crippen molar-refractivity contribution in [1.82, 2.24) is 0 Å². The molecular formula is C17H18FNO2. The predicted octanol–water partition coefficient (Wildman–Crippen LogP) is 3.78. The number of anilines is 1. The lowest BCUT2D eigenvalue weighted by molar-refractivity contribution is 0.0691. The summed E-state index contributed by atoms with van der Waals surface area (Å²) in [6, 6.07) is 10.4. The summed E-state index contributed by atoms with van der Waals surface area (Å²) < 4.78 is 13.4. The largest absolute Gasteiger partial charge is 0.478 e. The number of halogens is 1. The first kappa shape index (κ1) is 15.0. The number of nitrogens with zero attached hydrogens (tertiary/aromatic N) is 1. The van der Waals surface area contributed by atoms with Crippen molar-refractivity contribution in [2.24, 2.45) is 0 Å². The van der Waals surface area contributed by atoms with Crippen LogP contribution in [0.1, 0.15) is 27.0 Å².